The Labute approximate surface area is 202 Å². The number of piperidine rings is 1. The molecule has 0 radical (unpaired) electrons. The second-order valence-corrected chi connectivity index (χ2v) is 10.1. The zero-order valence-electron chi connectivity index (χ0n) is 19.0. The van der Waals surface area contributed by atoms with E-state index in [1.54, 1.807) is 6.20 Å². The summed E-state index contributed by atoms with van der Waals surface area (Å²) in [6.07, 6.45) is 2.89. The highest BCUT2D eigenvalue weighted by Gasteiger charge is 2.54. The predicted octanol–water partition coefficient (Wildman–Crippen LogP) is 2.54. The van der Waals surface area contributed by atoms with Crippen LogP contribution in [0.4, 0.5) is 4.79 Å². The molecule has 1 aliphatic carbocycles. The van der Waals surface area contributed by atoms with Crippen LogP contribution in [-0.2, 0) is 26.3 Å². The number of pyridine rings is 1. The molecule has 8 nitrogen and oxygen atoms in total. The highest BCUT2D eigenvalue weighted by atomic mass is 32.2. The van der Waals surface area contributed by atoms with E-state index in [0.717, 1.165) is 23.0 Å². The Bertz CT molecular complexity index is 1090. The van der Waals surface area contributed by atoms with Crippen molar-refractivity contribution in [2.45, 2.75) is 50.0 Å². The summed E-state index contributed by atoms with van der Waals surface area (Å²) in [5.74, 6) is 0.344. The zero-order chi connectivity index (χ0) is 23.7. The average Bonchev–Trinajstić information content (AvgIpc) is 3.39. The lowest BCUT2D eigenvalue weighted by Crippen LogP contribution is -2.54. The maximum absolute atomic E-state index is 13.0. The van der Waals surface area contributed by atoms with Gasteiger partial charge in [-0.2, -0.15) is 0 Å². The molecule has 0 unspecified atom stereocenters. The Morgan fingerprint density at radius 3 is 2.65 bits per heavy atom. The fraction of sp³-hybridized carbons (Fsp3) is 0.440. The van der Waals surface area contributed by atoms with Crippen molar-refractivity contribution in [3.63, 3.8) is 0 Å². The average molecular weight is 481 g/mol. The third-order valence-electron chi connectivity index (χ3n) is 7.11. The number of likely N-dealkylation sites (tertiary alicyclic amines) is 1. The minimum atomic E-state index is -0.453. The summed E-state index contributed by atoms with van der Waals surface area (Å²) in [6.45, 7) is 3.00. The molecule has 2 N–H and O–H groups in total. The highest BCUT2D eigenvalue weighted by Crippen LogP contribution is 2.52. The van der Waals surface area contributed by atoms with Crippen molar-refractivity contribution in [2.24, 2.45) is 0 Å². The van der Waals surface area contributed by atoms with E-state index in [2.05, 4.69) is 27.8 Å². The maximum atomic E-state index is 13.0. The van der Waals surface area contributed by atoms with Crippen molar-refractivity contribution in [3.05, 3.63) is 65.5 Å². The molecule has 1 spiro atoms. The van der Waals surface area contributed by atoms with Crippen molar-refractivity contribution in [1.29, 1.82) is 0 Å². The van der Waals surface area contributed by atoms with E-state index in [1.807, 2.05) is 35.2 Å². The monoisotopic (exact) mass is 480 g/mol. The molecule has 2 aliphatic heterocycles. The summed E-state index contributed by atoms with van der Waals surface area (Å²) in [6, 6.07) is 13.2. The normalized spacial score (nSPS) is 25.1. The van der Waals surface area contributed by atoms with E-state index in [0.29, 0.717) is 38.3 Å². The number of amides is 3. The molecule has 0 saturated carbocycles. The molecule has 0 bridgehead atoms. The maximum Gasteiger partial charge on any atom is 0.279 e. The number of carbonyl (C=O) groups excluding carboxylic acids is 3. The molecule has 3 amide bonds. The van der Waals surface area contributed by atoms with Crippen LogP contribution in [0.5, 0.6) is 0 Å². The molecule has 3 heterocycles. The van der Waals surface area contributed by atoms with Gasteiger partial charge < -0.3 is 20.3 Å². The van der Waals surface area contributed by atoms with Gasteiger partial charge in [0, 0.05) is 37.4 Å². The van der Waals surface area contributed by atoms with Crippen molar-refractivity contribution in [3.8, 4) is 0 Å². The van der Waals surface area contributed by atoms with Gasteiger partial charge in [-0.25, -0.2) is 0 Å². The van der Waals surface area contributed by atoms with Gasteiger partial charge in [0.25, 0.3) is 5.24 Å². The minimum absolute atomic E-state index is 0.0242. The number of aromatic nitrogens is 1. The molecule has 178 valence electrons. The largest absolute Gasteiger partial charge is 0.368 e. The quantitative estimate of drug-likeness (QED) is 0.682. The van der Waals surface area contributed by atoms with Gasteiger partial charge >= 0.3 is 0 Å². The Morgan fingerprint density at radius 2 is 1.97 bits per heavy atom. The Kier molecular flexibility index (Phi) is 6.31. The zero-order valence-corrected chi connectivity index (χ0v) is 19.8. The van der Waals surface area contributed by atoms with Gasteiger partial charge in [0.15, 0.2) is 0 Å². The second-order valence-electron chi connectivity index (χ2n) is 9.09. The lowest BCUT2D eigenvalue weighted by atomic mass is 9.71. The van der Waals surface area contributed by atoms with Crippen molar-refractivity contribution in [1.82, 2.24) is 20.5 Å². The molecule has 2 saturated heterocycles. The first kappa shape index (κ1) is 22.9. The third kappa shape index (κ3) is 4.18. The minimum Gasteiger partial charge on any atom is -0.368 e. The number of rotatable bonds is 5. The molecule has 3 atom stereocenters. The van der Waals surface area contributed by atoms with Gasteiger partial charge in [-0.05, 0) is 36.1 Å². The van der Waals surface area contributed by atoms with Crippen LogP contribution in [-0.4, -0.2) is 57.9 Å². The summed E-state index contributed by atoms with van der Waals surface area (Å²) in [4.78, 5) is 43.0. The Hall–Kier alpha value is -2.91. The first-order valence-corrected chi connectivity index (χ1v) is 12.6. The van der Waals surface area contributed by atoms with Crippen LogP contribution in [0.1, 0.15) is 42.6 Å². The molecule has 1 aromatic carbocycles. The summed E-state index contributed by atoms with van der Waals surface area (Å²) in [7, 11) is 0. The number of nitrogens with zero attached hydrogens (tertiary/aromatic N) is 2. The van der Waals surface area contributed by atoms with Crippen LogP contribution in [0.25, 0.3) is 0 Å². The first-order valence-electron chi connectivity index (χ1n) is 11.6. The van der Waals surface area contributed by atoms with Gasteiger partial charge in [-0.15, -0.1) is 0 Å². The second kappa shape index (κ2) is 9.38. The van der Waals surface area contributed by atoms with Crippen LogP contribution in [0.3, 0.4) is 0 Å². The molecular weight excluding hydrogens is 452 g/mol. The van der Waals surface area contributed by atoms with Crippen LogP contribution >= 0.6 is 11.8 Å². The third-order valence-corrected chi connectivity index (χ3v) is 7.99. The highest BCUT2D eigenvalue weighted by molar-refractivity contribution is 8.14. The first-order chi connectivity index (χ1) is 16.5. The summed E-state index contributed by atoms with van der Waals surface area (Å²) in [5.41, 5.74) is 2.75. The summed E-state index contributed by atoms with van der Waals surface area (Å²) < 4.78 is 6.55. The molecule has 2 fully saturated rings. The van der Waals surface area contributed by atoms with E-state index in [9.17, 15) is 14.4 Å². The lowest BCUT2D eigenvalue weighted by molar-refractivity contribution is -0.135. The molecule has 34 heavy (non-hydrogen) atoms. The number of ether oxygens (including phenoxy) is 1. The number of hydrogen-bond donors (Lipinski definition) is 2. The standard InChI is InChI=1S/C25H28N4O4S/c1-16(30)27-21-18-7-2-3-8-19(18)25(22(21)33-14-17-6-4-5-11-26-17)9-12-29(13-10-25)23(31)20-15-34-24(32)28-20/h2-8,11,20-22H,9-10,12-15H2,1H3,(H,27,30)(H,28,32)/t20-,21+,22-/m0/s1. The molecule has 1 aromatic heterocycles. The Balaban J connectivity index is 1.41. The number of nitrogens with one attached hydrogen (secondary N) is 2. The molecule has 9 heteroatoms. The van der Waals surface area contributed by atoms with Crippen molar-refractivity contribution < 1.29 is 19.1 Å². The van der Waals surface area contributed by atoms with Crippen molar-refractivity contribution >= 4 is 28.8 Å². The fourth-order valence-electron chi connectivity index (χ4n) is 5.56. The van der Waals surface area contributed by atoms with Gasteiger partial charge in [-0.3, -0.25) is 19.4 Å². The van der Waals surface area contributed by atoms with E-state index in [-0.39, 0.29) is 34.6 Å². The lowest BCUT2D eigenvalue weighted by Gasteiger charge is -2.44. The molecule has 2 aromatic rings. The van der Waals surface area contributed by atoms with Crippen LogP contribution < -0.4 is 10.6 Å². The number of benzene rings is 1. The van der Waals surface area contributed by atoms with E-state index in [4.69, 9.17) is 4.74 Å². The van der Waals surface area contributed by atoms with Crippen molar-refractivity contribution in [2.75, 3.05) is 18.8 Å². The number of carbonyl (C=O) groups is 3. The smallest absolute Gasteiger partial charge is 0.279 e. The summed E-state index contributed by atoms with van der Waals surface area (Å²) >= 11 is 1.15. The topological polar surface area (TPSA) is 101 Å². The van der Waals surface area contributed by atoms with Crippen LogP contribution in [0, 0.1) is 0 Å². The predicted molar refractivity (Wildman–Crippen MR) is 128 cm³/mol. The van der Waals surface area contributed by atoms with Crippen LogP contribution in [0.15, 0.2) is 48.7 Å². The number of thioether (sulfide) groups is 1. The molecule has 3 aliphatic rings. The van der Waals surface area contributed by atoms with Gasteiger partial charge in [0.05, 0.1) is 24.4 Å². The SMILES string of the molecule is CC(=O)N[C@@H]1c2ccccc2C2(CCN(C(=O)[C@@H]3CSC(=O)N3)CC2)[C@H]1OCc1ccccn1. The van der Waals surface area contributed by atoms with Crippen LogP contribution in [0.2, 0.25) is 0 Å². The van der Waals surface area contributed by atoms with Gasteiger partial charge in [0.2, 0.25) is 11.8 Å². The van der Waals surface area contributed by atoms with E-state index in [1.165, 1.54) is 12.5 Å². The van der Waals surface area contributed by atoms with Gasteiger partial charge in [-0.1, -0.05) is 42.1 Å². The number of fused-ring (bicyclic) bond motifs is 2. The Morgan fingerprint density at radius 1 is 1.21 bits per heavy atom. The van der Waals surface area contributed by atoms with Gasteiger partial charge in [0.1, 0.15) is 6.04 Å². The fourth-order valence-corrected chi connectivity index (χ4v) is 6.33. The van der Waals surface area contributed by atoms with E-state index < -0.39 is 6.04 Å². The molecule has 5 rings (SSSR count). The number of hydrogen-bond acceptors (Lipinski definition) is 6. The molecular formula is C25H28N4O4S. The van der Waals surface area contributed by atoms with E-state index >= 15 is 0 Å². The summed E-state index contributed by atoms with van der Waals surface area (Å²) in [5, 5.41) is 5.74.